The fourth-order valence-corrected chi connectivity index (χ4v) is 2.66. The first-order chi connectivity index (χ1) is 12.2. The monoisotopic (exact) mass is 357 g/mol. The predicted octanol–water partition coefficient (Wildman–Crippen LogP) is 1.93. The molecular weight excluding hydrogens is 334 g/mol. The third kappa shape index (κ3) is 4.11. The van der Waals surface area contributed by atoms with E-state index < -0.39 is 23.8 Å². The molecule has 2 aromatic rings. The second-order valence-corrected chi connectivity index (χ2v) is 6.29. The van der Waals surface area contributed by atoms with E-state index in [1.807, 2.05) is 18.2 Å². The smallest absolute Gasteiger partial charge is 0.287 e. The average molecular weight is 357 g/mol. The molecule has 0 aliphatic heterocycles. The van der Waals surface area contributed by atoms with Crippen LogP contribution < -0.4 is 16.8 Å². The molecule has 0 aliphatic rings. The molecule has 5 N–H and O–H groups in total. The van der Waals surface area contributed by atoms with Crippen LogP contribution >= 0.6 is 0 Å². The Morgan fingerprint density at radius 3 is 2.38 bits per heavy atom. The molecule has 3 amide bonds. The van der Waals surface area contributed by atoms with E-state index in [1.54, 1.807) is 26.8 Å². The lowest BCUT2D eigenvalue weighted by Gasteiger charge is -2.15. The van der Waals surface area contributed by atoms with Crippen molar-refractivity contribution in [3.63, 3.8) is 0 Å². The fraction of sp³-hybridized carbons (Fsp3) is 0.316. The first-order valence-corrected chi connectivity index (χ1v) is 8.26. The van der Waals surface area contributed by atoms with Gasteiger partial charge in [-0.2, -0.15) is 0 Å². The molecule has 7 nitrogen and oxygen atoms in total. The second kappa shape index (κ2) is 7.86. The highest BCUT2D eigenvalue weighted by atomic mass is 16.3. The molecule has 1 aromatic heterocycles. The maximum Gasteiger partial charge on any atom is 0.287 e. The summed E-state index contributed by atoms with van der Waals surface area (Å²) in [6.45, 7) is 5.15. The summed E-state index contributed by atoms with van der Waals surface area (Å²) in [5, 5.41) is 3.45. The van der Waals surface area contributed by atoms with E-state index in [4.69, 9.17) is 15.9 Å². The van der Waals surface area contributed by atoms with Crippen LogP contribution in [0.5, 0.6) is 0 Å². The lowest BCUT2D eigenvalue weighted by atomic mass is 10.0. The van der Waals surface area contributed by atoms with Crippen molar-refractivity contribution < 1.29 is 18.8 Å². The van der Waals surface area contributed by atoms with Gasteiger partial charge < -0.3 is 21.2 Å². The minimum Gasteiger partial charge on any atom is -0.451 e. The fourth-order valence-electron chi connectivity index (χ4n) is 2.66. The Morgan fingerprint density at radius 2 is 1.81 bits per heavy atom. The van der Waals surface area contributed by atoms with E-state index in [9.17, 15) is 14.4 Å². The van der Waals surface area contributed by atoms with Crippen LogP contribution in [0.1, 0.15) is 42.8 Å². The van der Waals surface area contributed by atoms with Crippen molar-refractivity contribution in [2.24, 2.45) is 11.5 Å². The SMILES string of the molecule is CC(CCC(NC(=O)c1oc2ccccc2c1C)C(N)=O)=C(C)C(N)=O. The number of aryl methyl sites for hydroxylation is 1. The van der Waals surface area contributed by atoms with Crippen LogP contribution in [0, 0.1) is 6.92 Å². The summed E-state index contributed by atoms with van der Waals surface area (Å²) in [7, 11) is 0. The van der Waals surface area contributed by atoms with Gasteiger partial charge in [-0.15, -0.1) is 0 Å². The summed E-state index contributed by atoms with van der Waals surface area (Å²) in [4.78, 5) is 35.4. The number of amides is 3. The molecule has 2 rings (SSSR count). The third-order valence-corrected chi connectivity index (χ3v) is 4.52. The summed E-state index contributed by atoms with van der Waals surface area (Å²) < 4.78 is 5.60. The molecule has 0 saturated carbocycles. The third-order valence-electron chi connectivity index (χ3n) is 4.52. The number of benzene rings is 1. The van der Waals surface area contributed by atoms with Crippen molar-refractivity contribution in [1.82, 2.24) is 5.32 Å². The normalized spacial score (nSPS) is 13.2. The van der Waals surface area contributed by atoms with E-state index in [2.05, 4.69) is 5.32 Å². The number of para-hydroxylation sites is 1. The number of rotatable bonds is 7. The standard InChI is InChI=1S/C19H23N3O4/c1-10(11(2)17(20)23)8-9-14(18(21)24)22-19(25)16-12(3)13-6-4-5-7-15(13)26-16/h4-7,14H,8-9H2,1-3H3,(H2,20,23)(H2,21,24)(H,22,25). The molecule has 7 heteroatoms. The molecule has 26 heavy (non-hydrogen) atoms. The molecular formula is C19H23N3O4. The molecule has 138 valence electrons. The van der Waals surface area contributed by atoms with Crippen LogP contribution in [-0.2, 0) is 9.59 Å². The highest BCUT2D eigenvalue weighted by Gasteiger charge is 2.23. The van der Waals surface area contributed by atoms with Crippen molar-refractivity contribution in [2.75, 3.05) is 0 Å². The van der Waals surface area contributed by atoms with E-state index in [0.29, 0.717) is 23.1 Å². The molecule has 0 spiro atoms. The summed E-state index contributed by atoms with van der Waals surface area (Å²) >= 11 is 0. The van der Waals surface area contributed by atoms with Crippen molar-refractivity contribution in [3.05, 3.63) is 46.7 Å². The molecule has 1 aromatic carbocycles. The molecule has 0 bridgehead atoms. The quantitative estimate of drug-likeness (QED) is 0.654. The molecule has 1 atom stereocenters. The van der Waals surface area contributed by atoms with Crippen molar-refractivity contribution >= 4 is 28.7 Å². The summed E-state index contributed by atoms with van der Waals surface area (Å²) in [5.41, 5.74) is 13.1. The molecule has 0 saturated heterocycles. The van der Waals surface area contributed by atoms with Gasteiger partial charge in [0.15, 0.2) is 5.76 Å². The topological polar surface area (TPSA) is 128 Å². The Bertz CT molecular complexity index is 895. The van der Waals surface area contributed by atoms with Gasteiger partial charge in [-0.25, -0.2) is 0 Å². The number of primary amides is 2. The van der Waals surface area contributed by atoms with Gasteiger partial charge >= 0.3 is 0 Å². The zero-order chi connectivity index (χ0) is 19.4. The van der Waals surface area contributed by atoms with Gasteiger partial charge in [0.05, 0.1) is 0 Å². The number of carbonyl (C=O) groups is 3. The molecule has 0 fully saturated rings. The Balaban J connectivity index is 2.15. The highest BCUT2D eigenvalue weighted by molar-refractivity contribution is 6.00. The van der Waals surface area contributed by atoms with Crippen molar-refractivity contribution in [3.8, 4) is 0 Å². The zero-order valence-electron chi connectivity index (χ0n) is 15.1. The van der Waals surface area contributed by atoms with Crippen LogP contribution in [0.25, 0.3) is 11.0 Å². The number of allylic oxidation sites excluding steroid dienone is 1. The van der Waals surface area contributed by atoms with Crippen LogP contribution in [-0.4, -0.2) is 23.8 Å². The van der Waals surface area contributed by atoms with Gasteiger partial charge in [0.25, 0.3) is 5.91 Å². The molecule has 0 radical (unpaired) electrons. The summed E-state index contributed by atoms with van der Waals surface area (Å²) in [6.07, 6.45) is 0.665. The first kappa shape index (κ1) is 19.2. The number of furan rings is 1. The lowest BCUT2D eigenvalue weighted by Crippen LogP contribution is -2.44. The van der Waals surface area contributed by atoms with Crippen LogP contribution in [0.15, 0.2) is 39.8 Å². The lowest BCUT2D eigenvalue weighted by molar-refractivity contribution is -0.120. The van der Waals surface area contributed by atoms with E-state index in [0.717, 1.165) is 11.0 Å². The number of hydrogen-bond donors (Lipinski definition) is 3. The predicted molar refractivity (Wildman–Crippen MR) is 98.2 cm³/mol. The van der Waals surface area contributed by atoms with Gasteiger partial charge in [-0.1, -0.05) is 23.8 Å². The number of hydrogen-bond acceptors (Lipinski definition) is 4. The number of fused-ring (bicyclic) bond motifs is 1. The van der Waals surface area contributed by atoms with Gasteiger partial charge in [-0.3, -0.25) is 14.4 Å². The van der Waals surface area contributed by atoms with Gasteiger partial charge in [-0.05, 0) is 39.7 Å². The van der Waals surface area contributed by atoms with Crippen LogP contribution in [0.4, 0.5) is 0 Å². The minimum absolute atomic E-state index is 0.151. The summed E-state index contributed by atoms with van der Waals surface area (Å²) in [6, 6.07) is 6.42. The van der Waals surface area contributed by atoms with Gasteiger partial charge in [0, 0.05) is 16.5 Å². The van der Waals surface area contributed by atoms with Crippen LogP contribution in [0.2, 0.25) is 0 Å². The first-order valence-electron chi connectivity index (χ1n) is 8.26. The number of nitrogens with one attached hydrogen (secondary N) is 1. The van der Waals surface area contributed by atoms with Gasteiger partial charge in [0.1, 0.15) is 11.6 Å². The number of nitrogens with two attached hydrogens (primary N) is 2. The average Bonchev–Trinajstić information content (AvgIpc) is 2.94. The highest BCUT2D eigenvalue weighted by Crippen LogP contribution is 2.25. The maximum atomic E-state index is 12.5. The Labute approximate surface area is 151 Å². The Morgan fingerprint density at radius 1 is 1.15 bits per heavy atom. The number of carbonyl (C=O) groups excluding carboxylic acids is 3. The Hall–Kier alpha value is -3.09. The van der Waals surface area contributed by atoms with Crippen molar-refractivity contribution in [1.29, 1.82) is 0 Å². The molecule has 1 heterocycles. The maximum absolute atomic E-state index is 12.5. The minimum atomic E-state index is -0.884. The summed E-state index contributed by atoms with van der Waals surface area (Å²) in [5.74, 6) is -1.52. The van der Waals surface area contributed by atoms with E-state index in [-0.39, 0.29) is 12.2 Å². The molecule has 1 unspecified atom stereocenters. The van der Waals surface area contributed by atoms with E-state index in [1.165, 1.54) is 0 Å². The largest absolute Gasteiger partial charge is 0.451 e. The Kier molecular flexibility index (Phi) is 5.82. The van der Waals surface area contributed by atoms with E-state index >= 15 is 0 Å². The zero-order valence-corrected chi connectivity index (χ0v) is 15.1. The molecule has 0 aliphatic carbocycles. The van der Waals surface area contributed by atoms with Crippen molar-refractivity contribution in [2.45, 2.75) is 39.7 Å². The van der Waals surface area contributed by atoms with Crippen LogP contribution in [0.3, 0.4) is 0 Å². The van der Waals surface area contributed by atoms with Gasteiger partial charge in [0.2, 0.25) is 11.8 Å². The second-order valence-electron chi connectivity index (χ2n) is 6.29.